The van der Waals surface area contributed by atoms with Gasteiger partial charge in [0.15, 0.2) is 0 Å². The minimum atomic E-state index is 0.290. The maximum absolute atomic E-state index is 6.09. The summed E-state index contributed by atoms with van der Waals surface area (Å²) in [6, 6.07) is 8.00. The van der Waals surface area contributed by atoms with Crippen LogP contribution in [0.2, 0.25) is 0 Å². The summed E-state index contributed by atoms with van der Waals surface area (Å²) in [5, 5.41) is 0. The van der Waals surface area contributed by atoms with Crippen molar-refractivity contribution in [2.24, 2.45) is 5.73 Å². The van der Waals surface area contributed by atoms with Gasteiger partial charge in [-0.25, -0.2) is 0 Å². The third kappa shape index (κ3) is 4.23. The van der Waals surface area contributed by atoms with Crippen molar-refractivity contribution in [1.29, 1.82) is 0 Å². The molecule has 1 aliphatic heterocycles. The average molecular weight is 288 g/mol. The first-order valence-electron chi connectivity index (χ1n) is 8.77. The van der Waals surface area contributed by atoms with E-state index in [0.29, 0.717) is 0 Å². The van der Waals surface area contributed by atoms with Crippen molar-refractivity contribution in [3.63, 3.8) is 0 Å². The molecule has 0 aromatic heterocycles. The summed E-state index contributed by atoms with van der Waals surface area (Å²) in [5.41, 5.74) is 10.3. The fourth-order valence-corrected chi connectivity index (χ4v) is 3.56. The van der Waals surface area contributed by atoms with Gasteiger partial charge in [0.2, 0.25) is 0 Å². The standard InChI is InChI=1S/C19H32N2/c1-4-8-18-9-6-7-12-21(18)19-11-10-16(13-15(19)3)14-17(20)5-2/h10-11,13,17-18H,4-9,12,14,20H2,1-3H3. The Bertz CT molecular complexity index is 439. The van der Waals surface area contributed by atoms with Crippen LogP contribution in [0, 0.1) is 6.92 Å². The van der Waals surface area contributed by atoms with E-state index < -0.39 is 0 Å². The zero-order chi connectivity index (χ0) is 15.2. The minimum Gasteiger partial charge on any atom is -0.368 e. The Balaban J connectivity index is 2.15. The van der Waals surface area contributed by atoms with Crippen LogP contribution < -0.4 is 10.6 Å². The van der Waals surface area contributed by atoms with Gasteiger partial charge < -0.3 is 10.6 Å². The van der Waals surface area contributed by atoms with E-state index in [9.17, 15) is 0 Å². The molecule has 2 heteroatoms. The van der Waals surface area contributed by atoms with Crippen LogP contribution >= 0.6 is 0 Å². The monoisotopic (exact) mass is 288 g/mol. The Hall–Kier alpha value is -1.02. The lowest BCUT2D eigenvalue weighted by atomic mass is 9.95. The second kappa shape index (κ2) is 7.84. The molecule has 2 rings (SSSR count). The number of nitrogens with two attached hydrogens (primary N) is 1. The van der Waals surface area contributed by atoms with E-state index in [2.05, 4.69) is 43.9 Å². The number of rotatable bonds is 6. The molecule has 1 heterocycles. The second-order valence-electron chi connectivity index (χ2n) is 6.62. The Kier molecular flexibility index (Phi) is 6.10. The Labute approximate surface area is 130 Å². The first-order chi connectivity index (χ1) is 10.2. The lowest BCUT2D eigenvalue weighted by Gasteiger charge is -2.38. The molecule has 0 bridgehead atoms. The lowest BCUT2D eigenvalue weighted by Crippen LogP contribution is -2.39. The number of aryl methyl sites for hydroxylation is 1. The normalized spacial score (nSPS) is 20.6. The summed E-state index contributed by atoms with van der Waals surface area (Å²) in [4.78, 5) is 2.66. The summed E-state index contributed by atoms with van der Waals surface area (Å²) >= 11 is 0. The van der Waals surface area contributed by atoms with E-state index in [4.69, 9.17) is 5.73 Å². The van der Waals surface area contributed by atoms with E-state index in [0.717, 1.165) is 18.9 Å². The topological polar surface area (TPSA) is 29.3 Å². The smallest absolute Gasteiger partial charge is 0.0398 e. The SMILES string of the molecule is CCCC1CCCCN1c1ccc(CC(N)CC)cc1C. The van der Waals surface area contributed by atoms with Gasteiger partial charge >= 0.3 is 0 Å². The minimum absolute atomic E-state index is 0.290. The van der Waals surface area contributed by atoms with Crippen molar-refractivity contribution in [3.8, 4) is 0 Å². The molecule has 1 aromatic carbocycles. The molecule has 1 aromatic rings. The number of piperidine rings is 1. The molecule has 0 aliphatic carbocycles. The molecule has 1 aliphatic rings. The van der Waals surface area contributed by atoms with Gasteiger partial charge in [-0.1, -0.05) is 32.4 Å². The predicted molar refractivity (Wildman–Crippen MR) is 93.0 cm³/mol. The van der Waals surface area contributed by atoms with Crippen LogP contribution in [-0.4, -0.2) is 18.6 Å². The van der Waals surface area contributed by atoms with Crippen LogP contribution in [0.15, 0.2) is 18.2 Å². The summed E-state index contributed by atoms with van der Waals surface area (Å²) in [7, 11) is 0. The number of hydrogen-bond acceptors (Lipinski definition) is 2. The lowest BCUT2D eigenvalue weighted by molar-refractivity contribution is 0.434. The summed E-state index contributed by atoms with van der Waals surface area (Å²) in [6.07, 6.45) is 8.73. The third-order valence-electron chi connectivity index (χ3n) is 4.84. The first-order valence-corrected chi connectivity index (χ1v) is 8.77. The fraction of sp³-hybridized carbons (Fsp3) is 0.684. The van der Waals surface area contributed by atoms with Crippen LogP contribution in [0.5, 0.6) is 0 Å². The molecule has 0 radical (unpaired) electrons. The van der Waals surface area contributed by atoms with Crippen LogP contribution in [0.4, 0.5) is 5.69 Å². The van der Waals surface area contributed by atoms with Crippen LogP contribution in [-0.2, 0) is 6.42 Å². The van der Waals surface area contributed by atoms with Gasteiger partial charge in [0.1, 0.15) is 0 Å². The number of nitrogens with zero attached hydrogens (tertiary/aromatic N) is 1. The highest BCUT2D eigenvalue weighted by molar-refractivity contribution is 5.55. The highest BCUT2D eigenvalue weighted by Gasteiger charge is 2.23. The van der Waals surface area contributed by atoms with Crippen LogP contribution in [0.25, 0.3) is 0 Å². The van der Waals surface area contributed by atoms with E-state index in [1.807, 2.05) is 0 Å². The molecule has 21 heavy (non-hydrogen) atoms. The van der Waals surface area contributed by atoms with Crippen LogP contribution in [0.1, 0.15) is 63.5 Å². The summed E-state index contributed by atoms with van der Waals surface area (Å²) in [6.45, 7) is 7.94. The molecule has 0 spiro atoms. The van der Waals surface area contributed by atoms with Gasteiger partial charge in [-0.3, -0.25) is 0 Å². The van der Waals surface area contributed by atoms with E-state index in [1.165, 1.54) is 55.5 Å². The maximum atomic E-state index is 6.09. The molecule has 118 valence electrons. The van der Waals surface area contributed by atoms with Gasteiger partial charge in [-0.15, -0.1) is 0 Å². The molecule has 2 unspecified atom stereocenters. The molecule has 1 fully saturated rings. The number of hydrogen-bond donors (Lipinski definition) is 1. The zero-order valence-electron chi connectivity index (χ0n) is 14.1. The molecule has 0 saturated carbocycles. The van der Waals surface area contributed by atoms with E-state index in [1.54, 1.807) is 0 Å². The van der Waals surface area contributed by atoms with Gasteiger partial charge in [0, 0.05) is 24.3 Å². The van der Waals surface area contributed by atoms with Crippen molar-refractivity contribution < 1.29 is 0 Å². The van der Waals surface area contributed by atoms with E-state index >= 15 is 0 Å². The van der Waals surface area contributed by atoms with Gasteiger partial charge in [-0.2, -0.15) is 0 Å². The van der Waals surface area contributed by atoms with Crippen molar-refractivity contribution in [3.05, 3.63) is 29.3 Å². The highest BCUT2D eigenvalue weighted by atomic mass is 15.2. The molecular weight excluding hydrogens is 256 g/mol. The number of benzene rings is 1. The van der Waals surface area contributed by atoms with Gasteiger partial charge in [0.05, 0.1) is 0 Å². The van der Waals surface area contributed by atoms with Crippen molar-refractivity contribution in [1.82, 2.24) is 0 Å². The summed E-state index contributed by atoms with van der Waals surface area (Å²) < 4.78 is 0. The average Bonchev–Trinajstić information content (AvgIpc) is 2.48. The Morgan fingerprint density at radius 1 is 1.29 bits per heavy atom. The Morgan fingerprint density at radius 2 is 2.10 bits per heavy atom. The molecule has 2 atom stereocenters. The largest absolute Gasteiger partial charge is 0.368 e. The second-order valence-corrected chi connectivity index (χ2v) is 6.62. The third-order valence-corrected chi connectivity index (χ3v) is 4.84. The predicted octanol–water partition coefficient (Wildman–Crippen LogP) is 4.43. The Morgan fingerprint density at radius 3 is 2.76 bits per heavy atom. The van der Waals surface area contributed by atoms with Crippen molar-refractivity contribution >= 4 is 5.69 Å². The van der Waals surface area contributed by atoms with E-state index in [-0.39, 0.29) is 6.04 Å². The van der Waals surface area contributed by atoms with Gasteiger partial charge in [-0.05, 0) is 62.6 Å². The number of anilines is 1. The first kappa shape index (κ1) is 16.4. The fourth-order valence-electron chi connectivity index (χ4n) is 3.56. The van der Waals surface area contributed by atoms with Crippen molar-refractivity contribution in [2.45, 2.75) is 77.8 Å². The molecule has 1 saturated heterocycles. The van der Waals surface area contributed by atoms with Crippen molar-refractivity contribution in [2.75, 3.05) is 11.4 Å². The van der Waals surface area contributed by atoms with Crippen LogP contribution in [0.3, 0.4) is 0 Å². The highest BCUT2D eigenvalue weighted by Crippen LogP contribution is 2.30. The molecular formula is C19H32N2. The summed E-state index contributed by atoms with van der Waals surface area (Å²) in [5.74, 6) is 0. The molecule has 2 nitrogen and oxygen atoms in total. The quantitative estimate of drug-likeness (QED) is 0.839. The molecule has 0 amide bonds. The molecule has 2 N–H and O–H groups in total. The maximum Gasteiger partial charge on any atom is 0.0398 e. The van der Waals surface area contributed by atoms with Gasteiger partial charge in [0.25, 0.3) is 0 Å². The zero-order valence-corrected chi connectivity index (χ0v) is 14.1.